The molecule has 2 heterocycles. The molecule has 0 radical (unpaired) electrons. The summed E-state index contributed by atoms with van der Waals surface area (Å²) in [5.41, 5.74) is 0. The van der Waals surface area contributed by atoms with Crippen LogP contribution >= 0.6 is 23.7 Å². The summed E-state index contributed by atoms with van der Waals surface area (Å²) in [5, 5.41) is 16.1. The number of nitrogens with zero attached hydrogens (tertiary/aromatic N) is 2. The topological polar surface area (TPSA) is 66.9 Å². The van der Waals surface area contributed by atoms with Crippen LogP contribution in [0.5, 0.6) is 0 Å². The zero-order valence-corrected chi connectivity index (χ0v) is 15.1. The summed E-state index contributed by atoms with van der Waals surface area (Å²) in [4.78, 5) is 12.1. The van der Waals surface area contributed by atoms with Crippen LogP contribution in [0, 0.1) is 11.8 Å². The third-order valence-corrected chi connectivity index (χ3v) is 5.00. The Morgan fingerprint density at radius 3 is 3.00 bits per heavy atom. The smallest absolute Gasteiger partial charge is 0.226 e. The van der Waals surface area contributed by atoms with Crippen molar-refractivity contribution < 1.29 is 4.79 Å². The van der Waals surface area contributed by atoms with Crippen LogP contribution in [0.1, 0.15) is 51.0 Å². The number of amides is 1. The standard InChI is InChI=1S/C15H26N4OS.ClH/c1-3-4-7-14-18-19-15(21-14)17-13(20)9-11(2)12-6-5-8-16-10-12;/h11-12,16H,3-10H2,1-2H3,(H,17,19,20);1H. The molecule has 2 N–H and O–H groups in total. The maximum Gasteiger partial charge on any atom is 0.226 e. The Bertz CT molecular complexity index is 449. The molecule has 1 aliphatic rings. The summed E-state index contributed by atoms with van der Waals surface area (Å²) in [5.74, 6) is 1.08. The minimum absolute atomic E-state index is 0. The minimum atomic E-state index is 0. The fraction of sp³-hybridized carbons (Fsp3) is 0.800. The molecule has 1 saturated heterocycles. The van der Waals surface area contributed by atoms with E-state index < -0.39 is 0 Å². The number of halogens is 1. The maximum absolute atomic E-state index is 12.1. The normalized spacial score (nSPS) is 19.3. The van der Waals surface area contributed by atoms with Gasteiger partial charge in [0.15, 0.2) is 0 Å². The van der Waals surface area contributed by atoms with Gasteiger partial charge in [0.2, 0.25) is 11.0 Å². The van der Waals surface area contributed by atoms with Crippen LogP contribution in [0.3, 0.4) is 0 Å². The third kappa shape index (κ3) is 6.18. The Labute approximate surface area is 143 Å². The van der Waals surface area contributed by atoms with E-state index in [0.717, 1.165) is 37.4 Å². The van der Waals surface area contributed by atoms with Crippen LogP contribution in [0.4, 0.5) is 5.13 Å². The van der Waals surface area contributed by atoms with Crippen molar-refractivity contribution in [1.82, 2.24) is 15.5 Å². The van der Waals surface area contributed by atoms with Gasteiger partial charge in [-0.3, -0.25) is 4.79 Å². The van der Waals surface area contributed by atoms with E-state index in [2.05, 4.69) is 34.7 Å². The predicted molar refractivity (Wildman–Crippen MR) is 93.8 cm³/mol. The number of rotatable bonds is 7. The van der Waals surface area contributed by atoms with Gasteiger partial charge in [0.1, 0.15) is 5.01 Å². The first-order valence-corrected chi connectivity index (χ1v) is 8.83. The maximum atomic E-state index is 12.1. The number of carbonyl (C=O) groups excluding carboxylic acids is 1. The molecular weight excluding hydrogens is 320 g/mol. The fourth-order valence-corrected chi connectivity index (χ4v) is 3.52. The van der Waals surface area contributed by atoms with Crippen molar-refractivity contribution in [1.29, 1.82) is 0 Å². The SMILES string of the molecule is CCCCc1nnc(NC(=O)CC(C)C2CCCNC2)s1.Cl. The molecule has 0 spiro atoms. The second kappa shape index (κ2) is 10.1. The number of anilines is 1. The number of piperidine rings is 1. The van der Waals surface area contributed by atoms with E-state index in [-0.39, 0.29) is 18.3 Å². The molecule has 1 fully saturated rings. The Kier molecular flexibility index (Phi) is 8.90. The van der Waals surface area contributed by atoms with Gasteiger partial charge in [0.25, 0.3) is 0 Å². The van der Waals surface area contributed by atoms with E-state index in [9.17, 15) is 4.79 Å². The number of unbranched alkanes of at least 4 members (excludes halogenated alkanes) is 1. The summed E-state index contributed by atoms with van der Waals surface area (Å²) >= 11 is 1.50. The highest BCUT2D eigenvalue weighted by Crippen LogP contribution is 2.23. The number of aryl methyl sites for hydroxylation is 1. The summed E-state index contributed by atoms with van der Waals surface area (Å²) in [6.45, 7) is 6.48. The lowest BCUT2D eigenvalue weighted by Gasteiger charge is -2.27. The van der Waals surface area contributed by atoms with Crippen molar-refractivity contribution in [3.05, 3.63) is 5.01 Å². The molecule has 1 aliphatic heterocycles. The van der Waals surface area contributed by atoms with Crippen LogP contribution in [-0.4, -0.2) is 29.2 Å². The highest BCUT2D eigenvalue weighted by Gasteiger charge is 2.22. The average Bonchev–Trinajstić information content (AvgIpc) is 2.93. The fourth-order valence-electron chi connectivity index (χ4n) is 2.73. The van der Waals surface area contributed by atoms with Crippen LogP contribution in [0.25, 0.3) is 0 Å². The molecule has 126 valence electrons. The summed E-state index contributed by atoms with van der Waals surface area (Å²) < 4.78 is 0. The van der Waals surface area contributed by atoms with Crippen molar-refractivity contribution in [2.75, 3.05) is 18.4 Å². The predicted octanol–water partition coefficient (Wildman–Crippen LogP) is 3.27. The van der Waals surface area contributed by atoms with Crippen LogP contribution < -0.4 is 10.6 Å². The molecule has 2 rings (SSSR count). The molecule has 2 atom stereocenters. The summed E-state index contributed by atoms with van der Waals surface area (Å²) in [6, 6.07) is 0. The van der Waals surface area contributed by atoms with Crippen LogP contribution in [0.15, 0.2) is 0 Å². The molecule has 0 saturated carbocycles. The molecule has 1 amide bonds. The number of nitrogens with one attached hydrogen (secondary N) is 2. The second-order valence-corrected chi connectivity index (χ2v) is 7.00. The molecule has 1 aromatic heterocycles. The van der Waals surface area contributed by atoms with Gasteiger partial charge in [-0.1, -0.05) is 31.6 Å². The molecular formula is C15H27ClN4OS. The Morgan fingerprint density at radius 1 is 1.50 bits per heavy atom. The van der Waals surface area contributed by atoms with E-state index in [1.165, 1.54) is 24.2 Å². The van der Waals surface area contributed by atoms with Crippen molar-refractivity contribution in [3.8, 4) is 0 Å². The van der Waals surface area contributed by atoms with Crippen LogP contribution in [0.2, 0.25) is 0 Å². The van der Waals surface area contributed by atoms with E-state index in [1.54, 1.807) is 0 Å². The first-order chi connectivity index (χ1) is 10.2. The van der Waals surface area contributed by atoms with Crippen molar-refractivity contribution in [3.63, 3.8) is 0 Å². The summed E-state index contributed by atoms with van der Waals surface area (Å²) in [6.07, 6.45) is 6.22. The van der Waals surface area contributed by atoms with Gasteiger partial charge in [-0.25, -0.2) is 0 Å². The lowest BCUT2D eigenvalue weighted by molar-refractivity contribution is -0.117. The summed E-state index contributed by atoms with van der Waals surface area (Å²) in [7, 11) is 0. The minimum Gasteiger partial charge on any atom is -0.316 e. The lowest BCUT2D eigenvalue weighted by atomic mass is 9.85. The van der Waals surface area contributed by atoms with Gasteiger partial charge >= 0.3 is 0 Å². The van der Waals surface area contributed by atoms with Gasteiger partial charge < -0.3 is 10.6 Å². The van der Waals surface area contributed by atoms with Crippen LogP contribution in [-0.2, 0) is 11.2 Å². The van der Waals surface area contributed by atoms with Gasteiger partial charge in [-0.15, -0.1) is 22.6 Å². The Balaban J connectivity index is 0.00000242. The number of hydrogen-bond donors (Lipinski definition) is 2. The zero-order valence-electron chi connectivity index (χ0n) is 13.4. The molecule has 5 nitrogen and oxygen atoms in total. The Morgan fingerprint density at radius 2 is 2.32 bits per heavy atom. The van der Waals surface area contributed by atoms with Crippen molar-refractivity contribution in [2.24, 2.45) is 11.8 Å². The van der Waals surface area contributed by atoms with Gasteiger partial charge in [-0.2, -0.15) is 0 Å². The van der Waals surface area contributed by atoms with E-state index in [1.807, 2.05) is 0 Å². The monoisotopic (exact) mass is 346 g/mol. The zero-order chi connectivity index (χ0) is 15.1. The van der Waals surface area contributed by atoms with Gasteiger partial charge in [0, 0.05) is 12.8 Å². The Hall–Kier alpha value is -0.720. The number of carbonyl (C=O) groups is 1. The van der Waals surface area contributed by atoms with Gasteiger partial charge in [-0.05, 0) is 44.2 Å². The molecule has 2 unspecified atom stereocenters. The molecule has 0 aliphatic carbocycles. The lowest BCUT2D eigenvalue weighted by Crippen LogP contribution is -2.34. The first kappa shape index (κ1) is 19.3. The molecule has 1 aromatic rings. The van der Waals surface area contributed by atoms with Gasteiger partial charge in [0.05, 0.1) is 0 Å². The highest BCUT2D eigenvalue weighted by atomic mass is 35.5. The molecule has 7 heteroatoms. The quantitative estimate of drug-likeness (QED) is 0.795. The third-order valence-electron chi connectivity index (χ3n) is 4.10. The average molecular weight is 347 g/mol. The van der Waals surface area contributed by atoms with E-state index >= 15 is 0 Å². The molecule has 22 heavy (non-hydrogen) atoms. The number of hydrogen-bond acceptors (Lipinski definition) is 5. The first-order valence-electron chi connectivity index (χ1n) is 8.02. The highest BCUT2D eigenvalue weighted by molar-refractivity contribution is 7.15. The van der Waals surface area contributed by atoms with E-state index in [4.69, 9.17) is 0 Å². The second-order valence-electron chi connectivity index (χ2n) is 5.94. The number of aromatic nitrogens is 2. The van der Waals surface area contributed by atoms with Crippen molar-refractivity contribution in [2.45, 2.75) is 52.4 Å². The molecule has 0 bridgehead atoms. The largest absolute Gasteiger partial charge is 0.316 e. The van der Waals surface area contributed by atoms with E-state index in [0.29, 0.717) is 23.4 Å². The molecule has 0 aromatic carbocycles. The van der Waals surface area contributed by atoms with Crippen molar-refractivity contribution >= 4 is 34.8 Å².